The van der Waals surface area contributed by atoms with Crippen LogP contribution in [0.4, 0.5) is 5.69 Å². The first-order valence-electron chi connectivity index (χ1n) is 7.54. The molecule has 0 radical (unpaired) electrons. The largest absolute Gasteiger partial charge is 0.456 e. The van der Waals surface area contributed by atoms with Crippen molar-refractivity contribution >= 4 is 34.7 Å². The molecule has 24 heavy (non-hydrogen) atoms. The Bertz CT molecular complexity index is 717. The van der Waals surface area contributed by atoms with Crippen LogP contribution in [0.5, 0.6) is 0 Å². The number of benzene rings is 1. The smallest absolute Gasteiger partial charge is 0.306 e. The van der Waals surface area contributed by atoms with E-state index in [1.165, 1.54) is 11.3 Å². The summed E-state index contributed by atoms with van der Waals surface area (Å²) in [5.74, 6) is -1.06. The number of thiophene rings is 1. The standard InChI is InChI=1S/C18H19NO4S/c1-12-8-13(2)10-14(9-12)19-17(21)11-23-18(22)6-5-15(20)16-4-3-7-24-16/h3-4,7-10H,5-6,11H2,1-2H3,(H,19,21). The summed E-state index contributed by atoms with van der Waals surface area (Å²) >= 11 is 1.34. The van der Waals surface area contributed by atoms with E-state index in [1.807, 2.05) is 37.4 Å². The molecule has 126 valence electrons. The molecule has 1 heterocycles. The van der Waals surface area contributed by atoms with Crippen molar-refractivity contribution in [3.63, 3.8) is 0 Å². The van der Waals surface area contributed by atoms with Crippen molar-refractivity contribution in [3.05, 3.63) is 51.7 Å². The van der Waals surface area contributed by atoms with E-state index in [4.69, 9.17) is 4.74 Å². The Morgan fingerprint density at radius 2 is 1.79 bits per heavy atom. The lowest BCUT2D eigenvalue weighted by Crippen LogP contribution is -2.21. The maximum atomic E-state index is 11.8. The highest BCUT2D eigenvalue weighted by molar-refractivity contribution is 7.12. The minimum absolute atomic E-state index is 0.0342. The summed E-state index contributed by atoms with van der Waals surface area (Å²) in [6.07, 6.45) is 0.0472. The van der Waals surface area contributed by atoms with Crippen molar-refractivity contribution in [3.8, 4) is 0 Å². The van der Waals surface area contributed by atoms with Gasteiger partial charge in [-0.25, -0.2) is 0 Å². The van der Waals surface area contributed by atoms with Crippen LogP contribution in [0.25, 0.3) is 0 Å². The van der Waals surface area contributed by atoms with Gasteiger partial charge >= 0.3 is 5.97 Å². The zero-order valence-electron chi connectivity index (χ0n) is 13.6. The Morgan fingerprint density at radius 3 is 2.42 bits per heavy atom. The van der Waals surface area contributed by atoms with Crippen molar-refractivity contribution < 1.29 is 19.1 Å². The second-order valence-corrected chi connectivity index (χ2v) is 6.43. The number of Topliss-reactive ketones (excluding diaryl/α,β-unsaturated/α-hetero) is 1. The predicted octanol–water partition coefficient (Wildman–Crippen LogP) is 3.51. The fourth-order valence-electron chi connectivity index (χ4n) is 2.24. The predicted molar refractivity (Wildman–Crippen MR) is 93.4 cm³/mol. The van der Waals surface area contributed by atoms with Gasteiger partial charge in [-0.05, 0) is 48.6 Å². The Kier molecular flexibility index (Phi) is 6.26. The molecule has 0 fully saturated rings. The molecule has 6 heteroatoms. The number of hydrogen-bond donors (Lipinski definition) is 1. The van der Waals surface area contributed by atoms with Gasteiger partial charge in [0.2, 0.25) is 0 Å². The van der Waals surface area contributed by atoms with Gasteiger partial charge in [0.25, 0.3) is 5.91 Å². The fourth-order valence-corrected chi connectivity index (χ4v) is 2.93. The zero-order chi connectivity index (χ0) is 17.5. The molecule has 0 aliphatic heterocycles. The molecule has 0 saturated carbocycles. The lowest BCUT2D eigenvalue weighted by Gasteiger charge is -2.08. The van der Waals surface area contributed by atoms with Crippen LogP contribution in [-0.4, -0.2) is 24.3 Å². The number of carbonyl (C=O) groups is 3. The first-order chi connectivity index (χ1) is 11.4. The van der Waals surface area contributed by atoms with Crippen LogP contribution in [0.3, 0.4) is 0 Å². The molecule has 0 aliphatic carbocycles. The molecule has 1 N–H and O–H groups in total. The second kappa shape index (κ2) is 8.40. The van der Waals surface area contributed by atoms with Crippen molar-refractivity contribution in [2.45, 2.75) is 26.7 Å². The van der Waals surface area contributed by atoms with Gasteiger partial charge < -0.3 is 10.1 Å². The van der Waals surface area contributed by atoms with E-state index in [9.17, 15) is 14.4 Å². The first-order valence-corrected chi connectivity index (χ1v) is 8.42. The average molecular weight is 345 g/mol. The number of aryl methyl sites for hydroxylation is 2. The van der Waals surface area contributed by atoms with E-state index in [2.05, 4.69) is 5.32 Å². The summed E-state index contributed by atoms with van der Waals surface area (Å²) in [4.78, 5) is 35.8. The van der Waals surface area contributed by atoms with E-state index in [0.29, 0.717) is 10.6 Å². The van der Waals surface area contributed by atoms with Gasteiger partial charge in [0, 0.05) is 12.1 Å². The van der Waals surface area contributed by atoms with Crippen LogP contribution in [0, 0.1) is 13.8 Å². The van der Waals surface area contributed by atoms with Crippen LogP contribution >= 0.6 is 11.3 Å². The Balaban J connectivity index is 1.73. The Hall–Kier alpha value is -2.47. The van der Waals surface area contributed by atoms with Gasteiger partial charge in [-0.15, -0.1) is 11.3 Å². The summed E-state index contributed by atoms with van der Waals surface area (Å²) < 4.78 is 4.90. The molecular formula is C18H19NO4S. The van der Waals surface area contributed by atoms with E-state index in [1.54, 1.807) is 12.1 Å². The topological polar surface area (TPSA) is 72.5 Å². The SMILES string of the molecule is Cc1cc(C)cc(NC(=O)COC(=O)CCC(=O)c2cccs2)c1. The number of anilines is 1. The summed E-state index contributed by atoms with van der Waals surface area (Å²) in [7, 11) is 0. The summed E-state index contributed by atoms with van der Waals surface area (Å²) in [6, 6.07) is 9.18. The van der Waals surface area contributed by atoms with Gasteiger partial charge in [-0.3, -0.25) is 14.4 Å². The van der Waals surface area contributed by atoms with E-state index < -0.39 is 11.9 Å². The van der Waals surface area contributed by atoms with Crippen LogP contribution in [0.2, 0.25) is 0 Å². The van der Waals surface area contributed by atoms with E-state index >= 15 is 0 Å². The zero-order valence-corrected chi connectivity index (χ0v) is 14.4. The van der Waals surface area contributed by atoms with E-state index in [-0.39, 0.29) is 25.2 Å². The normalized spacial score (nSPS) is 10.2. The third kappa shape index (κ3) is 5.62. The molecule has 0 bridgehead atoms. The van der Waals surface area contributed by atoms with Gasteiger partial charge in [0.15, 0.2) is 12.4 Å². The molecule has 0 spiro atoms. The van der Waals surface area contributed by atoms with Crippen molar-refractivity contribution in [1.82, 2.24) is 0 Å². The molecule has 1 amide bonds. The quantitative estimate of drug-likeness (QED) is 0.616. The van der Waals surface area contributed by atoms with Crippen LogP contribution in [-0.2, 0) is 14.3 Å². The van der Waals surface area contributed by atoms with Crippen LogP contribution in [0.15, 0.2) is 35.7 Å². The van der Waals surface area contributed by atoms with Crippen molar-refractivity contribution in [2.24, 2.45) is 0 Å². The number of nitrogens with one attached hydrogen (secondary N) is 1. The lowest BCUT2D eigenvalue weighted by atomic mass is 10.1. The van der Waals surface area contributed by atoms with Gasteiger partial charge in [-0.1, -0.05) is 12.1 Å². The van der Waals surface area contributed by atoms with Gasteiger partial charge in [0.1, 0.15) is 0 Å². The minimum Gasteiger partial charge on any atom is -0.456 e. The Labute approximate surface area is 144 Å². The van der Waals surface area contributed by atoms with Gasteiger partial charge in [-0.2, -0.15) is 0 Å². The molecule has 1 aromatic carbocycles. The maximum Gasteiger partial charge on any atom is 0.306 e. The average Bonchev–Trinajstić information content (AvgIpc) is 3.04. The Morgan fingerprint density at radius 1 is 1.08 bits per heavy atom. The summed E-state index contributed by atoms with van der Waals surface area (Å²) in [6.45, 7) is 3.51. The number of hydrogen-bond acceptors (Lipinski definition) is 5. The lowest BCUT2D eigenvalue weighted by molar-refractivity contribution is -0.147. The molecule has 0 unspecified atom stereocenters. The molecule has 2 rings (SSSR count). The maximum absolute atomic E-state index is 11.8. The van der Waals surface area contributed by atoms with Crippen molar-refractivity contribution in [1.29, 1.82) is 0 Å². The summed E-state index contributed by atoms with van der Waals surface area (Å²) in [5, 5.41) is 4.49. The molecule has 5 nitrogen and oxygen atoms in total. The highest BCUT2D eigenvalue weighted by atomic mass is 32.1. The molecule has 2 aromatic rings. The highest BCUT2D eigenvalue weighted by Crippen LogP contribution is 2.14. The van der Waals surface area contributed by atoms with Crippen molar-refractivity contribution in [2.75, 3.05) is 11.9 Å². The molecular weight excluding hydrogens is 326 g/mol. The molecule has 0 saturated heterocycles. The molecule has 0 atom stereocenters. The minimum atomic E-state index is -0.560. The molecule has 0 aliphatic rings. The number of rotatable bonds is 7. The monoisotopic (exact) mass is 345 g/mol. The second-order valence-electron chi connectivity index (χ2n) is 5.49. The number of amides is 1. The van der Waals surface area contributed by atoms with Gasteiger partial charge in [0.05, 0.1) is 11.3 Å². The fraction of sp³-hybridized carbons (Fsp3) is 0.278. The molecule has 1 aromatic heterocycles. The highest BCUT2D eigenvalue weighted by Gasteiger charge is 2.12. The number of esters is 1. The third-order valence-corrected chi connectivity index (χ3v) is 4.13. The van der Waals surface area contributed by atoms with E-state index in [0.717, 1.165) is 11.1 Å². The number of carbonyl (C=O) groups excluding carboxylic acids is 3. The first kappa shape index (κ1) is 17.9. The third-order valence-electron chi connectivity index (χ3n) is 3.22. The number of ketones is 1. The van der Waals surface area contributed by atoms with Crippen LogP contribution in [0.1, 0.15) is 33.6 Å². The van der Waals surface area contributed by atoms with Crippen LogP contribution < -0.4 is 5.32 Å². The number of ether oxygens (including phenoxy) is 1. The summed E-state index contributed by atoms with van der Waals surface area (Å²) in [5.41, 5.74) is 2.74.